The van der Waals surface area contributed by atoms with Gasteiger partial charge in [-0.25, -0.2) is 0 Å². The molecular formula is C14H23N3O. The van der Waals surface area contributed by atoms with Crippen LogP contribution >= 0.6 is 0 Å². The van der Waals surface area contributed by atoms with Gasteiger partial charge in [0, 0.05) is 25.4 Å². The molecule has 1 heterocycles. The van der Waals surface area contributed by atoms with E-state index < -0.39 is 0 Å². The fourth-order valence-electron chi connectivity index (χ4n) is 1.95. The number of carbonyl (C=O) groups excluding carboxylic acids is 1. The van der Waals surface area contributed by atoms with Crippen LogP contribution in [0.3, 0.4) is 0 Å². The number of carbonyl (C=O) groups is 1. The van der Waals surface area contributed by atoms with Gasteiger partial charge in [-0.1, -0.05) is 6.92 Å². The largest absolute Gasteiger partial charge is 0.339 e. The topological polar surface area (TPSA) is 59.2 Å². The Morgan fingerprint density at radius 3 is 2.56 bits per heavy atom. The van der Waals surface area contributed by atoms with Crippen LogP contribution in [0.15, 0.2) is 24.5 Å². The van der Waals surface area contributed by atoms with E-state index >= 15 is 0 Å². The van der Waals surface area contributed by atoms with Crippen molar-refractivity contribution in [1.82, 2.24) is 9.88 Å². The Balaban J connectivity index is 2.63. The summed E-state index contributed by atoms with van der Waals surface area (Å²) in [5.74, 6) is 0.204. The van der Waals surface area contributed by atoms with Crippen LogP contribution in [0.25, 0.3) is 0 Å². The first kappa shape index (κ1) is 14.6. The number of hydrogen-bond acceptors (Lipinski definition) is 3. The average molecular weight is 249 g/mol. The van der Waals surface area contributed by atoms with Crippen molar-refractivity contribution in [2.24, 2.45) is 11.7 Å². The molecule has 0 aliphatic rings. The van der Waals surface area contributed by atoms with Gasteiger partial charge in [-0.15, -0.1) is 0 Å². The molecule has 0 aromatic carbocycles. The highest BCUT2D eigenvalue weighted by Crippen LogP contribution is 2.20. The van der Waals surface area contributed by atoms with Crippen molar-refractivity contribution >= 4 is 5.91 Å². The summed E-state index contributed by atoms with van der Waals surface area (Å²) in [7, 11) is 1.85. The minimum absolute atomic E-state index is 0.0304. The molecule has 1 aromatic rings. The van der Waals surface area contributed by atoms with Crippen molar-refractivity contribution in [3.05, 3.63) is 30.1 Å². The molecule has 0 aliphatic carbocycles. The van der Waals surface area contributed by atoms with E-state index in [1.807, 2.05) is 33.0 Å². The van der Waals surface area contributed by atoms with Crippen LogP contribution in [0.5, 0.6) is 0 Å². The van der Waals surface area contributed by atoms with E-state index in [0.717, 1.165) is 18.4 Å². The molecule has 18 heavy (non-hydrogen) atoms. The van der Waals surface area contributed by atoms with E-state index in [4.69, 9.17) is 5.73 Å². The molecule has 0 aliphatic heterocycles. The van der Waals surface area contributed by atoms with Crippen molar-refractivity contribution in [2.45, 2.75) is 32.7 Å². The van der Waals surface area contributed by atoms with Crippen molar-refractivity contribution in [3.8, 4) is 0 Å². The lowest BCUT2D eigenvalue weighted by molar-refractivity contribution is -0.135. The van der Waals surface area contributed by atoms with Crippen molar-refractivity contribution in [1.29, 1.82) is 0 Å². The molecule has 4 heteroatoms. The number of nitrogens with zero attached hydrogens (tertiary/aromatic N) is 2. The number of rotatable bonds is 6. The maximum absolute atomic E-state index is 12.2. The maximum Gasteiger partial charge on any atom is 0.225 e. The normalized spacial score (nSPS) is 14.0. The van der Waals surface area contributed by atoms with E-state index in [1.54, 1.807) is 17.3 Å². The van der Waals surface area contributed by atoms with Crippen LogP contribution in [0.2, 0.25) is 0 Å². The third-order valence-corrected chi connectivity index (χ3v) is 3.38. The summed E-state index contributed by atoms with van der Waals surface area (Å²) in [4.78, 5) is 18.0. The fourth-order valence-corrected chi connectivity index (χ4v) is 1.95. The molecule has 0 radical (unpaired) electrons. The third-order valence-electron chi connectivity index (χ3n) is 3.38. The highest BCUT2D eigenvalue weighted by Gasteiger charge is 2.21. The average Bonchev–Trinajstić information content (AvgIpc) is 2.43. The first-order valence-electron chi connectivity index (χ1n) is 6.44. The molecule has 2 N–H and O–H groups in total. The summed E-state index contributed by atoms with van der Waals surface area (Å²) in [5.41, 5.74) is 6.58. The Morgan fingerprint density at radius 1 is 1.39 bits per heavy atom. The van der Waals surface area contributed by atoms with Crippen LogP contribution in [-0.4, -0.2) is 29.4 Å². The third kappa shape index (κ3) is 3.81. The van der Waals surface area contributed by atoms with Gasteiger partial charge in [-0.2, -0.15) is 0 Å². The van der Waals surface area contributed by atoms with Crippen molar-refractivity contribution in [3.63, 3.8) is 0 Å². The first-order chi connectivity index (χ1) is 8.57. The Kier molecular flexibility index (Phi) is 5.78. The lowest BCUT2D eigenvalue weighted by Gasteiger charge is -2.28. The predicted octanol–water partition coefficient (Wildman–Crippen LogP) is 1.98. The number of nitrogens with two attached hydrogens (primary N) is 1. The molecule has 2 unspecified atom stereocenters. The first-order valence-corrected chi connectivity index (χ1v) is 6.44. The highest BCUT2D eigenvalue weighted by molar-refractivity contribution is 5.78. The van der Waals surface area contributed by atoms with E-state index in [9.17, 15) is 4.79 Å². The molecule has 1 amide bonds. The van der Waals surface area contributed by atoms with Crippen LogP contribution in [0, 0.1) is 5.92 Å². The minimum Gasteiger partial charge on any atom is -0.339 e. The Hall–Kier alpha value is -1.42. The van der Waals surface area contributed by atoms with Crippen molar-refractivity contribution in [2.75, 3.05) is 13.6 Å². The quantitative estimate of drug-likeness (QED) is 0.838. The molecule has 1 aromatic heterocycles. The van der Waals surface area contributed by atoms with Gasteiger partial charge in [0.15, 0.2) is 0 Å². The smallest absolute Gasteiger partial charge is 0.225 e. The summed E-state index contributed by atoms with van der Waals surface area (Å²) >= 11 is 0. The summed E-state index contributed by atoms with van der Waals surface area (Å²) in [6.07, 6.45) is 5.25. The SMILES string of the molecule is CC(CCCN)C(=O)N(C)C(C)c1ccncc1. The van der Waals surface area contributed by atoms with Gasteiger partial charge >= 0.3 is 0 Å². The number of pyridine rings is 1. The summed E-state index contributed by atoms with van der Waals surface area (Å²) in [6.45, 7) is 4.64. The minimum atomic E-state index is 0.0304. The van der Waals surface area contributed by atoms with E-state index in [0.29, 0.717) is 6.54 Å². The summed E-state index contributed by atoms with van der Waals surface area (Å²) in [5, 5.41) is 0. The van der Waals surface area contributed by atoms with Gasteiger partial charge in [0.1, 0.15) is 0 Å². The Labute approximate surface area is 109 Å². The second-order valence-corrected chi connectivity index (χ2v) is 4.74. The van der Waals surface area contributed by atoms with Crippen LogP contribution in [-0.2, 0) is 4.79 Å². The monoisotopic (exact) mass is 249 g/mol. The van der Waals surface area contributed by atoms with Crippen LogP contribution in [0.1, 0.15) is 38.3 Å². The zero-order valence-corrected chi connectivity index (χ0v) is 11.5. The summed E-state index contributed by atoms with van der Waals surface area (Å²) in [6, 6.07) is 3.96. The van der Waals surface area contributed by atoms with E-state index in [2.05, 4.69) is 4.98 Å². The molecule has 4 nitrogen and oxygen atoms in total. The fraction of sp³-hybridized carbons (Fsp3) is 0.571. The van der Waals surface area contributed by atoms with Crippen LogP contribution in [0.4, 0.5) is 0 Å². The standard InChI is InChI=1S/C14H23N3O/c1-11(5-4-8-15)14(18)17(3)12(2)13-6-9-16-10-7-13/h6-7,9-12H,4-5,8,15H2,1-3H3. The second-order valence-electron chi connectivity index (χ2n) is 4.74. The van der Waals surface area contributed by atoms with E-state index in [-0.39, 0.29) is 17.9 Å². The van der Waals surface area contributed by atoms with Crippen molar-refractivity contribution < 1.29 is 4.79 Å². The van der Waals surface area contributed by atoms with Gasteiger partial charge in [0.05, 0.1) is 6.04 Å². The molecule has 100 valence electrons. The number of hydrogen-bond donors (Lipinski definition) is 1. The zero-order chi connectivity index (χ0) is 13.5. The number of aromatic nitrogens is 1. The summed E-state index contributed by atoms with van der Waals surface area (Å²) < 4.78 is 0. The van der Waals surface area contributed by atoms with Gasteiger partial charge < -0.3 is 10.6 Å². The Bertz CT molecular complexity index is 367. The zero-order valence-electron chi connectivity index (χ0n) is 11.5. The predicted molar refractivity (Wildman–Crippen MR) is 72.9 cm³/mol. The lowest BCUT2D eigenvalue weighted by Crippen LogP contribution is -2.34. The molecule has 0 saturated heterocycles. The molecule has 0 saturated carbocycles. The van der Waals surface area contributed by atoms with E-state index in [1.165, 1.54) is 0 Å². The van der Waals surface area contributed by atoms with Gasteiger partial charge in [-0.05, 0) is 44.0 Å². The van der Waals surface area contributed by atoms with Gasteiger partial charge in [0.2, 0.25) is 5.91 Å². The van der Waals surface area contributed by atoms with Crippen LogP contribution < -0.4 is 5.73 Å². The highest BCUT2D eigenvalue weighted by atomic mass is 16.2. The molecule has 0 fully saturated rings. The lowest BCUT2D eigenvalue weighted by atomic mass is 10.0. The molecule has 1 rings (SSSR count). The molecular weight excluding hydrogens is 226 g/mol. The second kappa shape index (κ2) is 7.11. The maximum atomic E-state index is 12.2. The number of amides is 1. The Morgan fingerprint density at radius 2 is 2.00 bits per heavy atom. The van der Waals surface area contributed by atoms with Gasteiger partial charge in [-0.3, -0.25) is 9.78 Å². The molecule has 0 bridgehead atoms. The van der Waals surface area contributed by atoms with Gasteiger partial charge in [0.25, 0.3) is 0 Å². The molecule has 2 atom stereocenters. The molecule has 0 spiro atoms.